The SMILES string of the molecule is Clc1c(N(c2ccccc2)c2cccc3c2oc2ccccc23)cccc1N(c1ccccc1)c1cccc2c1oc1ccccc12.Clc1cccc(N(c2ccccc2)c2cccc3c2oc2ccccc23)c1Cl.c1ccc(Nc2cccc3c2oc2ccccc23)cc1. The number of halogens is 3. The van der Waals surface area contributed by atoms with Crippen molar-refractivity contribution in [3.63, 3.8) is 0 Å². The van der Waals surface area contributed by atoms with Crippen molar-refractivity contribution in [3.8, 4) is 0 Å². The number of para-hydroxylation sites is 12. The monoisotopic (exact) mass is 1290 g/mol. The van der Waals surface area contributed by atoms with E-state index in [0.29, 0.717) is 15.1 Å². The lowest BCUT2D eigenvalue weighted by molar-refractivity contribution is 0.668. The topological polar surface area (TPSA) is 74.3 Å². The van der Waals surface area contributed by atoms with E-state index >= 15 is 0 Å². The van der Waals surface area contributed by atoms with Crippen LogP contribution < -0.4 is 20.0 Å². The normalized spacial score (nSPS) is 11.3. The lowest BCUT2D eigenvalue weighted by Gasteiger charge is -2.30. The van der Waals surface area contributed by atoms with Crippen LogP contribution in [0, 0.1) is 0 Å². The fraction of sp³-hybridized carbons (Fsp3) is 0. The van der Waals surface area contributed by atoms with Crippen LogP contribution in [-0.4, -0.2) is 0 Å². The molecule has 0 aliphatic heterocycles. The van der Waals surface area contributed by atoms with Gasteiger partial charge in [0.2, 0.25) is 0 Å². The fourth-order valence-electron chi connectivity index (χ4n) is 12.7. The Balaban J connectivity index is 0.000000125. The van der Waals surface area contributed by atoms with Gasteiger partial charge in [-0.3, -0.25) is 0 Å². The number of nitrogens with zero attached hydrogens (tertiary/aromatic N) is 3. The Labute approximate surface area is 561 Å². The first-order valence-electron chi connectivity index (χ1n) is 31.1. The second kappa shape index (κ2) is 25.4. The highest BCUT2D eigenvalue weighted by atomic mass is 35.5. The van der Waals surface area contributed by atoms with Crippen molar-refractivity contribution < 1.29 is 17.7 Å². The predicted molar refractivity (Wildman–Crippen MR) is 397 cm³/mol. The largest absolute Gasteiger partial charge is 0.454 e. The van der Waals surface area contributed by atoms with Gasteiger partial charge in [0.15, 0.2) is 22.3 Å². The minimum Gasteiger partial charge on any atom is -0.454 e. The number of anilines is 11. The van der Waals surface area contributed by atoms with Crippen LogP contribution in [0.5, 0.6) is 0 Å². The smallest absolute Gasteiger partial charge is 0.159 e. The van der Waals surface area contributed by atoms with Gasteiger partial charge in [-0.05, 0) is 121 Å². The lowest BCUT2D eigenvalue weighted by atomic mass is 10.1. The summed E-state index contributed by atoms with van der Waals surface area (Å²) in [6.45, 7) is 0. The highest BCUT2D eigenvalue weighted by molar-refractivity contribution is 6.44. The molecule has 18 aromatic rings. The number of hydrogen-bond acceptors (Lipinski definition) is 8. The van der Waals surface area contributed by atoms with E-state index in [9.17, 15) is 0 Å². The minimum absolute atomic E-state index is 0.501. The van der Waals surface area contributed by atoms with E-state index in [1.165, 1.54) is 0 Å². The van der Waals surface area contributed by atoms with Gasteiger partial charge in [0.25, 0.3) is 0 Å². The van der Waals surface area contributed by atoms with E-state index in [0.717, 1.165) is 150 Å². The summed E-state index contributed by atoms with van der Waals surface area (Å²) in [5, 5.41) is 13.7. The first kappa shape index (κ1) is 58.4. The molecule has 0 spiro atoms. The average molecular weight is 1290 g/mol. The van der Waals surface area contributed by atoms with Crippen LogP contribution >= 0.6 is 34.8 Å². The fourth-order valence-corrected chi connectivity index (χ4v) is 13.4. The van der Waals surface area contributed by atoms with E-state index in [-0.39, 0.29) is 0 Å². The maximum atomic E-state index is 7.61. The molecule has 95 heavy (non-hydrogen) atoms. The van der Waals surface area contributed by atoms with Gasteiger partial charge in [0.1, 0.15) is 22.3 Å². The summed E-state index contributed by atoms with van der Waals surface area (Å²) in [6, 6.07) is 110. The maximum absolute atomic E-state index is 7.61. The van der Waals surface area contributed by atoms with Gasteiger partial charge in [-0.2, -0.15) is 0 Å². The molecule has 4 aromatic heterocycles. The maximum Gasteiger partial charge on any atom is 0.159 e. The molecule has 0 bridgehead atoms. The van der Waals surface area contributed by atoms with Crippen molar-refractivity contribution >= 4 is 185 Å². The first-order chi connectivity index (χ1) is 46.9. The second-order valence-corrected chi connectivity index (χ2v) is 23.9. The van der Waals surface area contributed by atoms with Gasteiger partial charge in [0, 0.05) is 65.8 Å². The van der Waals surface area contributed by atoms with Gasteiger partial charge >= 0.3 is 0 Å². The molecule has 0 fully saturated rings. The van der Waals surface area contributed by atoms with Crippen molar-refractivity contribution in [1.82, 2.24) is 0 Å². The van der Waals surface area contributed by atoms with Gasteiger partial charge in [0.05, 0.1) is 54.9 Å². The zero-order valence-corrected chi connectivity index (χ0v) is 53.1. The summed E-state index contributed by atoms with van der Waals surface area (Å²) in [5.74, 6) is 0. The Kier molecular flexibility index (Phi) is 15.7. The molecule has 0 saturated carbocycles. The lowest BCUT2D eigenvalue weighted by Crippen LogP contribution is -2.14. The van der Waals surface area contributed by atoms with Crippen LogP contribution in [0.1, 0.15) is 0 Å². The Morgan fingerprint density at radius 3 is 0.884 bits per heavy atom. The number of nitrogens with one attached hydrogen (secondary N) is 1. The Hall–Kier alpha value is -11.7. The third-order valence-corrected chi connectivity index (χ3v) is 18.2. The molecule has 8 nitrogen and oxygen atoms in total. The first-order valence-corrected chi connectivity index (χ1v) is 32.3. The molecule has 456 valence electrons. The summed E-state index contributed by atoms with van der Waals surface area (Å²) >= 11 is 20.6. The number of fused-ring (bicyclic) bond motifs is 12. The number of rotatable bonds is 11. The van der Waals surface area contributed by atoms with Crippen molar-refractivity contribution in [3.05, 3.63) is 343 Å². The van der Waals surface area contributed by atoms with Crippen LogP contribution in [0.2, 0.25) is 15.1 Å². The molecule has 4 heterocycles. The molecular formula is C84H55Cl3N4O4. The van der Waals surface area contributed by atoms with Crippen LogP contribution in [0.25, 0.3) is 87.8 Å². The molecule has 18 rings (SSSR count). The number of hydrogen-bond donors (Lipinski definition) is 1. The Morgan fingerprint density at radius 2 is 0.495 bits per heavy atom. The van der Waals surface area contributed by atoms with E-state index in [2.05, 4.69) is 141 Å². The third-order valence-electron chi connectivity index (χ3n) is 17.0. The van der Waals surface area contributed by atoms with Crippen molar-refractivity contribution in [1.29, 1.82) is 0 Å². The summed E-state index contributed by atoms with van der Waals surface area (Å²) in [4.78, 5) is 6.45. The molecule has 0 aliphatic rings. The van der Waals surface area contributed by atoms with E-state index in [1.807, 2.05) is 200 Å². The van der Waals surface area contributed by atoms with Crippen LogP contribution in [0.15, 0.2) is 345 Å². The molecule has 1 N–H and O–H groups in total. The highest BCUT2D eigenvalue weighted by Gasteiger charge is 2.27. The summed E-state index contributed by atoms with van der Waals surface area (Å²) in [5.41, 5.74) is 16.9. The van der Waals surface area contributed by atoms with Crippen LogP contribution in [0.4, 0.5) is 62.6 Å². The van der Waals surface area contributed by atoms with Gasteiger partial charge < -0.3 is 37.7 Å². The molecule has 0 radical (unpaired) electrons. The zero-order valence-electron chi connectivity index (χ0n) is 50.8. The van der Waals surface area contributed by atoms with Gasteiger partial charge in [-0.15, -0.1) is 0 Å². The average Bonchev–Trinajstić information content (AvgIpc) is 1.84. The molecule has 11 heteroatoms. The van der Waals surface area contributed by atoms with Crippen LogP contribution in [0.3, 0.4) is 0 Å². The molecule has 0 unspecified atom stereocenters. The molecule has 0 saturated heterocycles. The third kappa shape index (κ3) is 10.9. The summed E-state index contributed by atoms with van der Waals surface area (Å²) in [6.07, 6.45) is 0. The second-order valence-electron chi connectivity index (χ2n) is 22.7. The minimum atomic E-state index is 0.501. The van der Waals surface area contributed by atoms with Crippen LogP contribution in [-0.2, 0) is 0 Å². The van der Waals surface area contributed by atoms with E-state index in [1.54, 1.807) is 6.07 Å². The van der Waals surface area contributed by atoms with Crippen molar-refractivity contribution in [2.45, 2.75) is 0 Å². The van der Waals surface area contributed by atoms with Crippen molar-refractivity contribution in [2.75, 3.05) is 20.0 Å². The van der Waals surface area contributed by atoms with Gasteiger partial charge in [-0.1, -0.05) is 241 Å². The molecule has 14 aromatic carbocycles. The van der Waals surface area contributed by atoms with Gasteiger partial charge in [-0.25, -0.2) is 0 Å². The standard InChI is InChI=1S/C42H27ClN2O2.C24H15Cl2NO.C18H13NO/c43-40-34(44(28-14-3-1-4-15-28)36-24-11-20-32-30-18-7-9-26-38(30)46-41(32)36)22-13-23-35(40)45(29-16-5-2-6-17-29)37-25-12-21-33-31-19-8-10-27-39(31)47-42(33)37;25-19-12-7-13-20(23(19)26)27(16-8-2-1-3-9-16)21-14-6-11-18-17-10-4-5-15-22(17)28-24(18)21;1-2-7-13(8-3-1)19-16-11-6-10-15-14-9-4-5-12-17(14)20-18(15)16/h1-27H;1-15H;1-12,19H. The molecule has 0 amide bonds. The molecule has 0 atom stereocenters. The Bertz CT molecular complexity index is 5620. The van der Waals surface area contributed by atoms with E-state index in [4.69, 9.17) is 52.5 Å². The highest BCUT2D eigenvalue weighted by Crippen LogP contribution is 2.51. The summed E-state index contributed by atoms with van der Waals surface area (Å²) in [7, 11) is 0. The molecular weight excluding hydrogens is 1240 g/mol. The quantitative estimate of drug-likeness (QED) is 0.137. The number of furan rings is 4. The summed E-state index contributed by atoms with van der Waals surface area (Å²) < 4.78 is 25.3. The Morgan fingerprint density at radius 1 is 0.221 bits per heavy atom. The molecule has 0 aliphatic carbocycles. The zero-order chi connectivity index (χ0) is 63.8. The van der Waals surface area contributed by atoms with Crippen molar-refractivity contribution in [2.24, 2.45) is 0 Å². The number of benzene rings is 14. The predicted octanol–water partition coefficient (Wildman–Crippen LogP) is 26.8. The van der Waals surface area contributed by atoms with E-state index < -0.39 is 0 Å².